The molecule has 1 amide bonds. The van der Waals surface area contributed by atoms with Crippen LogP contribution in [0, 0.1) is 17.7 Å². The lowest BCUT2D eigenvalue weighted by molar-refractivity contribution is -0.138. The molecule has 0 bridgehead atoms. The van der Waals surface area contributed by atoms with Crippen molar-refractivity contribution in [3.05, 3.63) is 88.4 Å². The van der Waals surface area contributed by atoms with Gasteiger partial charge in [-0.2, -0.15) is 4.39 Å². The molecule has 9 heteroatoms. The van der Waals surface area contributed by atoms with E-state index >= 15 is 8.78 Å². The summed E-state index contributed by atoms with van der Waals surface area (Å²) in [6.07, 6.45) is 2.93. The van der Waals surface area contributed by atoms with Crippen molar-refractivity contribution in [1.82, 2.24) is 19.3 Å². The van der Waals surface area contributed by atoms with Crippen molar-refractivity contribution >= 4 is 17.7 Å². The van der Waals surface area contributed by atoms with Crippen molar-refractivity contribution in [1.29, 1.82) is 0 Å². The van der Waals surface area contributed by atoms with Crippen molar-refractivity contribution in [3.8, 4) is 11.3 Å². The van der Waals surface area contributed by atoms with Crippen LogP contribution in [0.3, 0.4) is 0 Å². The van der Waals surface area contributed by atoms with Crippen LogP contribution in [-0.4, -0.2) is 42.8 Å². The van der Waals surface area contributed by atoms with Gasteiger partial charge in [0.2, 0.25) is 11.7 Å². The molecule has 39 heavy (non-hydrogen) atoms. The number of benzene rings is 2. The Labute approximate surface area is 223 Å². The summed E-state index contributed by atoms with van der Waals surface area (Å²) in [5.41, 5.74) is 3.53. The van der Waals surface area contributed by atoms with Crippen LogP contribution in [0.4, 0.5) is 8.78 Å². The Morgan fingerprint density at radius 2 is 1.85 bits per heavy atom. The summed E-state index contributed by atoms with van der Waals surface area (Å²) in [5, 5.41) is 9.19. The lowest BCUT2D eigenvalue weighted by atomic mass is 9.93. The van der Waals surface area contributed by atoms with Gasteiger partial charge >= 0.3 is 5.97 Å². The Hall–Kier alpha value is -4.14. The first kappa shape index (κ1) is 23.9. The third-order valence-electron chi connectivity index (χ3n) is 8.42. The first-order valence-corrected chi connectivity index (χ1v) is 13.3. The topological polar surface area (TPSA) is 87.8 Å². The zero-order valence-corrected chi connectivity index (χ0v) is 21.3. The second-order valence-electron chi connectivity index (χ2n) is 10.9. The smallest absolute Gasteiger partial charge is 0.307 e. The molecule has 3 heterocycles. The molecular weight excluding hydrogens is 502 g/mol. The minimum atomic E-state index is -0.900. The standard InChI is InChI=1S/C30H26F2N4O3/c1-15-19-5-3-2-4-16(19)10-11-35(15)28(37)24-14-25(17-6-7-17)36-27(32)26(34-30(36)33-24)20-9-8-18(12-23(20)31)21-13-22(21)29(38)39/h2-5,8-9,12,14-15,17,21-22H,6-7,10-11,13H2,1H3,(H,38,39)/t15-,21?,22?/m1/s1. The minimum Gasteiger partial charge on any atom is -0.481 e. The van der Waals surface area contributed by atoms with Crippen LogP contribution < -0.4 is 0 Å². The van der Waals surface area contributed by atoms with Gasteiger partial charge in [-0.1, -0.05) is 30.3 Å². The molecule has 3 atom stereocenters. The summed E-state index contributed by atoms with van der Waals surface area (Å²) in [7, 11) is 0. The van der Waals surface area contributed by atoms with Crippen molar-refractivity contribution in [3.63, 3.8) is 0 Å². The van der Waals surface area contributed by atoms with Gasteiger partial charge in [0.25, 0.3) is 5.91 Å². The van der Waals surface area contributed by atoms with Crippen LogP contribution in [0.2, 0.25) is 0 Å². The van der Waals surface area contributed by atoms with E-state index in [9.17, 15) is 14.7 Å². The summed E-state index contributed by atoms with van der Waals surface area (Å²) >= 11 is 0. The van der Waals surface area contributed by atoms with E-state index in [0.717, 1.165) is 24.8 Å². The third-order valence-corrected chi connectivity index (χ3v) is 8.42. The largest absolute Gasteiger partial charge is 0.481 e. The highest BCUT2D eigenvalue weighted by molar-refractivity contribution is 5.93. The fourth-order valence-corrected chi connectivity index (χ4v) is 5.99. The number of carboxylic acid groups (broad SMARTS) is 1. The Morgan fingerprint density at radius 3 is 2.56 bits per heavy atom. The second-order valence-corrected chi connectivity index (χ2v) is 10.9. The van der Waals surface area contributed by atoms with Crippen LogP contribution in [0.25, 0.3) is 17.0 Å². The van der Waals surface area contributed by atoms with E-state index in [-0.39, 0.29) is 46.5 Å². The van der Waals surface area contributed by atoms with Crippen LogP contribution in [0.15, 0.2) is 48.5 Å². The molecule has 7 rings (SSSR count). The SMILES string of the molecule is C[C@@H]1c2ccccc2CCN1C(=O)c1cc(C2CC2)n2c(F)c(-c3ccc(C4CC4C(=O)O)cc3F)nc2n1. The van der Waals surface area contributed by atoms with Crippen LogP contribution in [0.1, 0.15) is 76.9 Å². The lowest BCUT2D eigenvalue weighted by Gasteiger charge is -2.35. The first-order valence-electron chi connectivity index (χ1n) is 13.3. The van der Waals surface area contributed by atoms with Crippen LogP contribution in [-0.2, 0) is 11.2 Å². The van der Waals surface area contributed by atoms with E-state index in [1.165, 1.54) is 22.1 Å². The summed E-state index contributed by atoms with van der Waals surface area (Å²) in [5.74, 6) is -3.18. The number of nitrogens with zero attached hydrogens (tertiary/aromatic N) is 4. The Balaban J connectivity index is 1.26. The number of amides is 1. The number of hydrogen-bond acceptors (Lipinski definition) is 4. The van der Waals surface area contributed by atoms with E-state index in [2.05, 4.69) is 16.0 Å². The monoisotopic (exact) mass is 528 g/mol. The predicted molar refractivity (Wildman–Crippen MR) is 138 cm³/mol. The van der Waals surface area contributed by atoms with E-state index in [1.807, 2.05) is 25.1 Å². The summed E-state index contributed by atoms with van der Waals surface area (Å²) < 4.78 is 32.3. The Kier molecular flexibility index (Phi) is 5.33. The van der Waals surface area contributed by atoms with Crippen molar-refractivity contribution in [2.75, 3.05) is 6.54 Å². The number of aliphatic carboxylic acids is 1. The normalized spacial score (nSPS) is 22.1. The van der Waals surface area contributed by atoms with Crippen molar-refractivity contribution < 1.29 is 23.5 Å². The zero-order valence-electron chi connectivity index (χ0n) is 21.3. The maximum atomic E-state index is 15.8. The van der Waals surface area contributed by atoms with Gasteiger partial charge in [0.05, 0.1) is 12.0 Å². The molecule has 1 aliphatic heterocycles. The quantitative estimate of drug-likeness (QED) is 0.370. The van der Waals surface area contributed by atoms with E-state index in [1.54, 1.807) is 17.0 Å². The Bertz CT molecular complexity index is 1680. The average Bonchev–Trinajstić information content (AvgIpc) is 3.85. The average molecular weight is 529 g/mol. The lowest BCUT2D eigenvalue weighted by Crippen LogP contribution is -2.39. The van der Waals surface area contributed by atoms with Crippen LogP contribution in [0.5, 0.6) is 0 Å². The molecule has 198 valence electrons. The maximum absolute atomic E-state index is 15.8. The molecule has 7 nitrogen and oxygen atoms in total. The molecule has 0 spiro atoms. The van der Waals surface area contributed by atoms with Gasteiger partial charge in [-0.25, -0.2) is 14.4 Å². The second kappa shape index (κ2) is 8.69. The van der Waals surface area contributed by atoms with Gasteiger partial charge in [-0.05, 0) is 79.3 Å². The highest BCUT2D eigenvalue weighted by atomic mass is 19.1. The van der Waals surface area contributed by atoms with Crippen LogP contribution >= 0.6 is 0 Å². The number of carbonyl (C=O) groups excluding carboxylic acids is 1. The molecule has 0 saturated heterocycles. The van der Waals surface area contributed by atoms with E-state index < -0.39 is 23.7 Å². The highest BCUT2D eigenvalue weighted by Gasteiger charge is 2.44. The van der Waals surface area contributed by atoms with Crippen molar-refractivity contribution in [2.45, 2.75) is 50.5 Å². The number of rotatable bonds is 5. The summed E-state index contributed by atoms with van der Waals surface area (Å²) in [6, 6.07) is 14.0. The van der Waals surface area contributed by atoms with Gasteiger partial charge < -0.3 is 10.0 Å². The summed E-state index contributed by atoms with van der Waals surface area (Å²) in [6.45, 7) is 2.55. The number of carboxylic acids is 1. The number of aromatic nitrogens is 3. The molecule has 2 unspecified atom stereocenters. The number of carbonyl (C=O) groups is 2. The first-order chi connectivity index (χ1) is 18.8. The molecule has 2 aromatic carbocycles. The van der Waals surface area contributed by atoms with Crippen molar-refractivity contribution in [2.24, 2.45) is 5.92 Å². The molecule has 4 aromatic rings. The minimum absolute atomic E-state index is 0.0230. The highest BCUT2D eigenvalue weighted by Crippen LogP contribution is 2.48. The van der Waals surface area contributed by atoms with Gasteiger partial charge in [-0.15, -0.1) is 0 Å². The number of halogens is 2. The van der Waals surface area contributed by atoms with Gasteiger partial charge in [0, 0.05) is 17.8 Å². The molecular formula is C30H26F2N4O3. The molecule has 1 N–H and O–H groups in total. The molecule has 2 saturated carbocycles. The Morgan fingerprint density at radius 1 is 1.05 bits per heavy atom. The maximum Gasteiger partial charge on any atom is 0.307 e. The van der Waals surface area contributed by atoms with Gasteiger partial charge in [0.1, 0.15) is 17.2 Å². The van der Waals surface area contributed by atoms with Gasteiger partial charge in [0.15, 0.2) is 0 Å². The molecule has 2 aromatic heterocycles. The molecule has 0 radical (unpaired) electrons. The van der Waals surface area contributed by atoms with E-state index in [4.69, 9.17) is 0 Å². The molecule has 2 fully saturated rings. The van der Waals surface area contributed by atoms with E-state index in [0.29, 0.717) is 24.2 Å². The number of imidazole rings is 1. The number of hydrogen-bond donors (Lipinski definition) is 1. The number of fused-ring (bicyclic) bond motifs is 2. The third kappa shape index (κ3) is 3.90. The fraction of sp³-hybridized carbons (Fsp3) is 0.333. The molecule has 2 aliphatic carbocycles. The molecule has 3 aliphatic rings. The predicted octanol–water partition coefficient (Wildman–Crippen LogP) is 5.50. The van der Waals surface area contributed by atoms with Gasteiger partial charge in [-0.3, -0.25) is 14.0 Å². The fourth-order valence-electron chi connectivity index (χ4n) is 5.99. The zero-order chi connectivity index (χ0) is 27.0. The summed E-state index contributed by atoms with van der Waals surface area (Å²) in [4.78, 5) is 35.5.